The van der Waals surface area contributed by atoms with Crippen LogP contribution in [0.4, 0.5) is 0 Å². The molecule has 0 unspecified atom stereocenters. The van der Waals surface area contributed by atoms with Crippen LogP contribution in [0.25, 0.3) is 0 Å². The Morgan fingerprint density at radius 3 is 2.14 bits per heavy atom. The van der Waals surface area contributed by atoms with Gasteiger partial charge in [-0.2, -0.15) is 0 Å². The Kier molecular flexibility index (Phi) is 5.78. The molecular formula is C17H24N2O2. The Morgan fingerprint density at radius 2 is 1.57 bits per heavy atom. The van der Waals surface area contributed by atoms with E-state index in [0.717, 1.165) is 19.3 Å². The highest BCUT2D eigenvalue weighted by Gasteiger charge is 2.16. The third-order valence-electron chi connectivity index (χ3n) is 3.89. The zero-order chi connectivity index (χ0) is 15.1. The van der Waals surface area contributed by atoms with E-state index in [-0.39, 0.29) is 11.8 Å². The van der Waals surface area contributed by atoms with Gasteiger partial charge in [0.05, 0.1) is 0 Å². The predicted molar refractivity (Wildman–Crippen MR) is 83.4 cm³/mol. The van der Waals surface area contributed by atoms with Crippen LogP contribution in [0.3, 0.4) is 0 Å². The molecule has 21 heavy (non-hydrogen) atoms. The van der Waals surface area contributed by atoms with Crippen molar-refractivity contribution < 1.29 is 9.59 Å². The van der Waals surface area contributed by atoms with E-state index < -0.39 is 0 Å². The quantitative estimate of drug-likeness (QED) is 0.875. The molecular weight excluding hydrogens is 264 g/mol. The van der Waals surface area contributed by atoms with Crippen LogP contribution in [0, 0.1) is 0 Å². The van der Waals surface area contributed by atoms with Gasteiger partial charge in [0.15, 0.2) is 0 Å². The van der Waals surface area contributed by atoms with Gasteiger partial charge in [0.2, 0.25) is 0 Å². The summed E-state index contributed by atoms with van der Waals surface area (Å²) in [6.45, 7) is 2.68. The minimum absolute atomic E-state index is 0.0394. The second-order valence-electron chi connectivity index (χ2n) is 5.64. The first-order chi connectivity index (χ1) is 10.2. The zero-order valence-electron chi connectivity index (χ0n) is 12.7. The Morgan fingerprint density at radius 1 is 1.00 bits per heavy atom. The van der Waals surface area contributed by atoms with E-state index in [2.05, 4.69) is 10.6 Å². The molecule has 0 aliphatic heterocycles. The molecule has 0 saturated heterocycles. The van der Waals surface area contributed by atoms with Crippen LogP contribution in [0.1, 0.15) is 66.2 Å². The van der Waals surface area contributed by atoms with Crippen molar-refractivity contribution in [2.45, 2.75) is 51.5 Å². The smallest absolute Gasteiger partial charge is 0.251 e. The molecule has 0 atom stereocenters. The fourth-order valence-electron chi connectivity index (χ4n) is 2.63. The number of nitrogens with one attached hydrogen (secondary N) is 2. The number of benzene rings is 1. The van der Waals surface area contributed by atoms with E-state index in [9.17, 15) is 9.59 Å². The van der Waals surface area contributed by atoms with Crippen LogP contribution in [0.2, 0.25) is 0 Å². The first-order valence-electron chi connectivity index (χ1n) is 7.90. The largest absolute Gasteiger partial charge is 0.352 e. The van der Waals surface area contributed by atoms with Gasteiger partial charge < -0.3 is 10.6 Å². The summed E-state index contributed by atoms with van der Waals surface area (Å²) in [6, 6.07) is 7.17. The second-order valence-corrected chi connectivity index (χ2v) is 5.64. The van der Waals surface area contributed by atoms with Crippen LogP contribution in [-0.4, -0.2) is 24.4 Å². The summed E-state index contributed by atoms with van der Waals surface area (Å²) in [4.78, 5) is 23.9. The molecule has 114 valence electrons. The molecule has 0 aromatic heterocycles. The van der Waals surface area contributed by atoms with E-state index in [1.54, 1.807) is 24.3 Å². The van der Waals surface area contributed by atoms with Crippen LogP contribution < -0.4 is 10.6 Å². The van der Waals surface area contributed by atoms with E-state index in [0.29, 0.717) is 23.7 Å². The normalized spacial score (nSPS) is 15.5. The van der Waals surface area contributed by atoms with E-state index in [4.69, 9.17) is 0 Å². The Bertz CT molecular complexity index is 476. The zero-order valence-corrected chi connectivity index (χ0v) is 12.7. The first-order valence-corrected chi connectivity index (χ1v) is 7.90. The molecule has 0 spiro atoms. The van der Waals surface area contributed by atoms with Crippen molar-refractivity contribution >= 4 is 11.8 Å². The maximum Gasteiger partial charge on any atom is 0.251 e. The van der Waals surface area contributed by atoms with Gasteiger partial charge in [-0.05, 0) is 43.5 Å². The van der Waals surface area contributed by atoms with Gasteiger partial charge in [-0.3, -0.25) is 9.59 Å². The van der Waals surface area contributed by atoms with Crippen molar-refractivity contribution in [1.82, 2.24) is 10.6 Å². The van der Waals surface area contributed by atoms with Crippen molar-refractivity contribution in [2.75, 3.05) is 6.54 Å². The summed E-state index contributed by atoms with van der Waals surface area (Å²) in [7, 11) is 0. The number of amides is 2. The summed E-state index contributed by atoms with van der Waals surface area (Å²) in [6.07, 6.45) is 6.72. The van der Waals surface area contributed by atoms with Crippen LogP contribution in [0.5, 0.6) is 0 Å². The highest BCUT2D eigenvalue weighted by Crippen LogP contribution is 2.18. The molecule has 0 bridgehead atoms. The van der Waals surface area contributed by atoms with E-state index >= 15 is 0 Å². The number of carbonyl (C=O) groups is 2. The molecule has 1 aromatic rings. The van der Waals surface area contributed by atoms with Crippen LogP contribution in [-0.2, 0) is 0 Å². The van der Waals surface area contributed by atoms with Gasteiger partial charge in [0, 0.05) is 23.7 Å². The molecule has 2 amide bonds. The van der Waals surface area contributed by atoms with Crippen molar-refractivity contribution in [3.8, 4) is 0 Å². The fraction of sp³-hybridized carbons (Fsp3) is 0.529. The average molecular weight is 288 g/mol. The van der Waals surface area contributed by atoms with Gasteiger partial charge in [-0.1, -0.05) is 26.2 Å². The lowest BCUT2D eigenvalue weighted by molar-refractivity contribution is 0.0923. The van der Waals surface area contributed by atoms with Crippen LogP contribution >= 0.6 is 0 Å². The molecule has 2 rings (SSSR count). The van der Waals surface area contributed by atoms with Gasteiger partial charge >= 0.3 is 0 Å². The molecule has 1 saturated carbocycles. The van der Waals surface area contributed by atoms with Gasteiger partial charge in [0.1, 0.15) is 0 Å². The standard InChI is InChI=1S/C17H24N2O2/c1-2-12-18-16(20)13-8-10-14(11-9-13)17(21)19-15-6-4-3-5-7-15/h8-11,15H,2-7,12H2,1H3,(H,18,20)(H,19,21). The summed E-state index contributed by atoms with van der Waals surface area (Å²) >= 11 is 0. The minimum Gasteiger partial charge on any atom is -0.352 e. The number of hydrogen-bond acceptors (Lipinski definition) is 2. The number of hydrogen-bond donors (Lipinski definition) is 2. The van der Waals surface area contributed by atoms with E-state index in [1.807, 2.05) is 6.92 Å². The number of rotatable bonds is 5. The lowest BCUT2D eigenvalue weighted by Crippen LogP contribution is -2.36. The molecule has 4 nitrogen and oxygen atoms in total. The van der Waals surface area contributed by atoms with Crippen molar-refractivity contribution in [3.05, 3.63) is 35.4 Å². The summed E-state index contributed by atoms with van der Waals surface area (Å²) in [5, 5.41) is 5.90. The number of carbonyl (C=O) groups excluding carboxylic acids is 2. The monoisotopic (exact) mass is 288 g/mol. The van der Waals surface area contributed by atoms with Gasteiger partial charge in [-0.25, -0.2) is 0 Å². The highest BCUT2D eigenvalue weighted by atomic mass is 16.2. The van der Waals surface area contributed by atoms with Crippen LogP contribution in [0.15, 0.2) is 24.3 Å². The van der Waals surface area contributed by atoms with Crippen molar-refractivity contribution in [3.63, 3.8) is 0 Å². The summed E-state index contributed by atoms with van der Waals surface area (Å²) in [5.74, 6) is -0.126. The molecule has 0 radical (unpaired) electrons. The SMILES string of the molecule is CCCNC(=O)c1ccc(C(=O)NC2CCCCC2)cc1. The molecule has 4 heteroatoms. The highest BCUT2D eigenvalue weighted by molar-refractivity contribution is 5.97. The lowest BCUT2D eigenvalue weighted by Gasteiger charge is -2.22. The predicted octanol–water partition coefficient (Wildman–Crippen LogP) is 2.89. The Balaban J connectivity index is 1.91. The third kappa shape index (κ3) is 4.59. The molecule has 1 aliphatic rings. The molecule has 0 heterocycles. The van der Waals surface area contributed by atoms with Crippen molar-refractivity contribution in [2.24, 2.45) is 0 Å². The second kappa shape index (κ2) is 7.81. The topological polar surface area (TPSA) is 58.2 Å². The lowest BCUT2D eigenvalue weighted by atomic mass is 9.95. The maximum absolute atomic E-state index is 12.2. The Hall–Kier alpha value is -1.84. The maximum atomic E-state index is 12.2. The molecule has 1 aromatic carbocycles. The van der Waals surface area contributed by atoms with Gasteiger partial charge in [0.25, 0.3) is 11.8 Å². The first kappa shape index (κ1) is 15.5. The molecule has 2 N–H and O–H groups in total. The van der Waals surface area contributed by atoms with E-state index in [1.165, 1.54) is 19.3 Å². The fourth-order valence-corrected chi connectivity index (χ4v) is 2.63. The minimum atomic E-state index is -0.0870. The summed E-state index contributed by atoms with van der Waals surface area (Å²) < 4.78 is 0. The molecule has 1 fully saturated rings. The van der Waals surface area contributed by atoms with Gasteiger partial charge in [-0.15, -0.1) is 0 Å². The Labute approximate surface area is 126 Å². The molecule has 1 aliphatic carbocycles. The average Bonchev–Trinajstić information content (AvgIpc) is 2.53. The summed E-state index contributed by atoms with van der Waals surface area (Å²) in [5.41, 5.74) is 1.21. The van der Waals surface area contributed by atoms with Crippen molar-refractivity contribution in [1.29, 1.82) is 0 Å². The third-order valence-corrected chi connectivity index (χ3v) is 3.89.